The first-order valence-corrected chi connectivity index (χ1v) is 9.91. The lowest BCUT2D eigenvalue weighted by atomic mass is 10.2. The van der Waals surface area contributed by atoms with Gasteiger partial charge in [0, 0.05) is 12.2 Å². The number of carbonyl (C=O) groups excluding carboxylic acids is 2. The summed E-state index contributed by atoms with van der Waals surface area (Å²) in [6.07, 6.45) is 0. The van der Waals surface area contributed by atoms with Gasteiger partial charge in [-0.2, -0.15) is 0 Å². The van der Waals surface area contributed by atoms with E-state index < -0.39 is 11.8 Å². The van der Waals surface area contributed by atoms with Crippen molar-refractivity contribution in [2.45, 2.75) is 6.92 Å². The second kappa shape index (κ2) is 13.0. The van der Waals surface area contributed by atoms with E-state index in [2.05, 4.69) is 16.2 Å². The van der Waals surface area contributed by atoms with Crippen molar-refractivity contribution in [3.05, 3.63) is 54.1 Å². The summed E-state index contributed by atoms with van der Waals surface area (Å²) in [5.74, 6) is 0.530. The highest BCUT2D eigenvalue weighted by molar-refractivity contribution is 7.80. The number of hydrogen-bond acceptors (Lipinski definition) is 7. The fourth-order valence-electron chi connectivity index (χ4n) is 2.34. The van der Waals surface area contributed by atoms with Crippen LogP contribution in [-0.2, 0) is 9.53 Å². The zero-order valence-corrected chi connectivity index (χ0v) is 18.1. The largest absolute Gasteiger partial charge is 0.493 e. The number of benzene rings is 2. The van der Waals surface area contributed by atoms with Crippen LogP contribution in [0.5, 0.6) is 17.2 Å². The Morgan fingerprint density at radius 1 is 0.968 bits per heavy atom. The van der Waals surface area contributed by atoms with Crippen LogP contribution in [0.4, 0.5) is 0 Å². The molecule has 0 aliphatic carbocycles. The molecular weight excluding hydrogens is 422 g/mol. The van der Waals surface area contributed by atoms with E-state index in [1.54, 1.807) is 48.5 Å². The van der Waals surface area contributed by atoms with E-state index in [4.69, 9.17) is 31.2 Å². The van der Waals surface area contributed by atoms with Crippen molar-refractivity contribution in [2.75, 3.05) is 33.5 Å². The van der Waals surface area contributed by atoms with Gasteiger partial charge in [0.25, 0.3) is 11.8 Å². The SMILES string of the molecule is CCOCCOc1cccc(C(=O)NC(=S)NNC(=O)COc2ccccc2OC)c1. The first kappa shape index (κ1) is 23.9. The van der Waals surface area contributed by atoms with E-state index in [1.165, 1.54) is 7.11 Å². The summed E-state index contributed by atoms with van der Waals surface area (Å²) in [6.45, 7) is 3.07. The van der Waals surface area contributed by atoms with Gasteiger partial charge in [0.05, 0.1) is 13.7 Å². The lowest BCUT2D eigenvalue weighted by molar-refractivity contribution is -0.123. The number of thiocarbonyl (C=S) groups is 1. The molecule has 166 valence electrons. The van der Waals surface area contributed by atoms with E-state index >= 15 is 0 Å². The van der Waals surface area contributed by atoms with Crippen LogP contribution < -0.4 is 30.4 Å². The highest BCUT2D eigenvalue weighted by Crippen LogP contribution is 2.25. The predicted molar refractivity (Wildman–Crippen MR) is 118 cm³/mol. The lowest BCUT2D eigenvalue weighted by Crippen LogP contribution is -2.49. The fraction of sp³-hybridized carbons (Fsp3) is 0.286. The molecule has 31 heavy (non-hydrogen) atoms. The molecule has 2 rings (SSSR count). The topological polar surface area (TPSA) is 107 Å². The summed E-state index contributed by atoms with van der Waals surface area (Å²) in [7, 11) is 1.51. The molecule has 0 aliphatic heterocycles. The minimum atomic E-state index is -0.493. The first-order chi connectivity index (χ1) is 15.0. The molecule has 2 amide bonds. The summed E-state index contributed by atoms with van der Waals surface area (Å²) in [5.41, 5.74) is 5.15. The van der Waals surface area contributed by atoms with Gasteiger partial charge in [0.2, 0.25) is 0 Å². The summed E-state index contributed by atoms with van der Waals surface area (Å²) in [4.78, 5) is 24.3. The van der Waals surface area contributed by atoms with Gasteiger partial charge in [0.15, 0.2) is 23.2 Å². The summed E-state index contributed by atoms with van der Waals surface area (Å²) in [5, 5.41) is 2.40. The minimum Gasteiger partial charge on any atom is -0.493 e. The molecule has 2 aromatic carbocycles. The fourth-order valence-corrected chi connectivity index (χ4v) is 2.48. The Hall–Kier alpha value is -3.37. The van der Waals surface area contributed by atoms with Crippen LogP contribution >= 0.6 is 12.2 Å². The molecule has 10 heteroatoms. The van der Waals surface area contributed by atoms with Gasteiger partial charge in [-0.05, 0) is 49.5 Å². The Kier molecular flexibility index (Phi) is 10.1. The molecule has 0 saturated carbocycles. The lowest BCUT2D eigenvalue weighted by Gasteiger charge is -2.13. The first-order valence-electron chi connectivity index (χ1n) is 9.50. The standard InChI is InChI=1S/C21H25N3O6S/c1-3-28-11-12-29-16-8-6-7-15(13-16)20(26)22-21(31)24-23-19(25)14-30-18-10-5-4-9-17(18)27-2/h4-10,13H,3,11-12,14H2,1-2H3,(H,23,25)(H2,22,24,26,31). The van der Waals surface area contributed by atoms with E-state index in [0.29, 0.717) is 42.6 Å². The van der Waals surface area contributed by atoms with Crippen LogP contribution in [0.25, 0.3) is 0 Å². The second-order valence-corrected chi connectivity index (χ2v) is 6.38. The number of ether oxygens (including phenoxy) is 4. The summed E-state index contributed by atoms with van der Waals surface area (Å²) in [6, 6.07) is 13.6. The van der Waals surface area contributed by atoms with Crippen LogP contribution in [0, 0.1) is 0 Å². The minimum absolute atomic E-state index is 0.0710. The highest BCUT2D eigenvalue weighted by Gasteiger charge is 2.11. The zero-order valence-electron chi connectivity index (χ0n) is 17.3. The smallest absolute Gasteiger partial charge is 0.276 e. The second-order valence-electron chi connectivity index (χ2n) is 5.97. The Morgan fingerprint density at radius 3 is 2.48 bits per heavy atom. The molecule has 0 bridgehead atoms. The Balaban J connectivity index is 1.75. The molecule has 3 N–H and O–H groups in total. The number of amides is 2. The molecular formula is C21H25N3O6S. The molecule has 0 aliphatic rings. The van der Waals surface area contributed by atoms with Crippen LogP contribution in [0.2, 0.25) is 0 Å². The highest BCUT2D eigenvalue weighted by atomic mass is 32.1. The van der Waals surface area contributed by atoms with Gasteiger partial charge in [0.1, 0.15) is 12.4 Å². The molecule has 0 saturated heterocycles. The third-order valence-corrected chi connectivity index (χ3v) is 3.97. The maximum atomic E-state index is 12.3. The predicted octanol–water partition coefficient (Wildman–Crippen LogP) is 1.82. The van der Waals surface area contributed by atoms with Gasteiger partial charge in [-0.1, -0.05) is 18.2 Å². The average molecular weight is 448 g/mol. The number of hydrazine groups is 1. The molecule has 9 nitrogen and oxygen atoms in total. The molecule has 0 unspecified atom stereocenters. The van der Waals surface area contributed by atoms with Crippen molar-refractivity contribution >= 4 is 29.1 Å². The average Bonchev–Trinajstić information content (AvgIpc) is 2.79. The maximum Gasteiger partial charge on any atom is 0.276 e. The van der Waals surface area contributed by atoms with E-state index in [0.717, 1.165) is 0 Å². The number of hydrogen-bond donors (Lipinski definition) is 3. The Morgan fingerprint density at radius 2 is 1.74 bits per heavy atom. The number of nitrogens with one attached hydrogen (secondary N) is 3. The van der Waals surface area contributed by atoms with Crippen molar-refractivity contribution in [2.24, 2.45) is 0 Å². The molecule has 0 fully saturated rings. The van der Waals surface area contributed by atoms with Gasteiger partial charge < -0.3 is 18.9 Å². The number of carbonyl (C=O) groups is 2. The maximum absolute atomic E-state index is 12.3. The number of para-hydroxylation sites is 2. The molecule has 0 radical (unpaired) electrons. The van der Waals surface area contributed by atoms with Crippen LogP contribution in [-0.4, -0.2) is 50.5 Å². The third kappa shape index (κ3) is 8.49. The van der Waals surface area contributed by atoms with E-state index in [-0.39, 0.29) is 11.7 Å². The van der Waals surface area contributed by atoms with Crippen molar-refractivity contribution in [1.29, 1.82) is 0 Å². The van der Waals surface area contributed by atoms with Crippen molar-refractivity contribution < 1.29 is 28.5 Å². The Bertz CT molecular complexity index is 893. The number of methoxy groups -OCH3 is 1. The van der Waals surface area contributed by atoms with Crippen LogP contribution in [0.15, 0.2) is 48.5 Å². The molecule has 0 aromatic heterocycles. The van der Waals surface area contributed by atoms with E-state index in [1.807, 2.05) is 6.92 Å². The Labute approximate surface area is 186 Å². The van der Waals surface area contributed by atoms with Crippen molar-refractivity contribution in [3.8, 4) is 17.2 Å². The molecule has 0 heterocycles. The monoisotopic (exact) mass is 447 g/mol. The van der Waals surface area contributed by atoms with Gasteiger partial charge in [-0.15, -0.1) is 0 Å². The molecule has 0 spiro atoms. The summed E-state index contributed by atoms with van der Waals surface area (Å²) < 4.78 is 21.3. The van der Waals surface area contributed by atoms with E-state index in [9.17, 15) is 9.59 Å². The van der Waals surface area contributed by atoms with Gasteiger partial charge >= 0.3 is 0 Å². The van der Waals surface area contributed by atoms with Gasteiger partial charge in [-0.3, -0.25) is 25.8 Å². The molecule has 0 atom stereocenters. The van der Waals surface area contributed by atoms with Gasteiger partial charge in [-0.25, -0.2) is 0 Å². The molecule has 2 aromatic rings. The van der Waals surface area contributed by atoms with Crippen LogP contribution in [0.1, 0.15) is 17.3 Å². The summed E-state index contributed by atoms with van der Waals surface area (Å²) >= 11 is 5.03. The van der Waals surface area contributed by atoms with Crippen molar-refractivity contribution in [3.63, 3.8) is 0 Å². The normalized spacial score (nSPS) is 10.0. The zero-order chi connectivity index (χ0) is 22.5. The number of rotatable bonds is 10. The quantitative estimate of drug-likeness (QED) is 0.288. The van der Waals surface area contributed by atoms with Crippen molar-refractivity contribution in [1.82, 2.24) is 16.2 Å². The van der Waals surface area contributed by atoms with Crippen LogP contribution in [0.3, 0.4) is 0 Å². The third-order valence-electron chi connectivity index (χ3n) is 3.77.